The Labute approximate surface area is 288 Å². The first-order valence-corrected chi connectivity index (χ1v) is 19.2. The van der Waals surface area contributed by atoms with Crippen molar-refractivity contribution in [3.05, 3.63) is 176 Å². The first-order valence-electron chi connectivity index (χ1n) is 17.2. The summed E-state index contributed by atoms with van der Waals surface area (Å²) in [6, 6.07) is 65.3. The van der Waals surface area contributed by atoms with Gasteiger partial charge in [-0.3, -0.25) is 0 Å². The predicted molar refractivity (Wildman–Crippen MR) is 212 cm³/mol. The molecule has 2 heterocycles. The first kappa shape index (κ1) is 29.5. The van der Waals surface area contributed by atoms with Crippen LogP contribution in [0, 0.1) is 0 Å². The van der Waals surface area contributed by atoms with Gasteiger partial charge in [-0.05, 0) is 63.1 Å². The van der Waals surface area contributed by atoms with E-state index in [9.17, 15) is 0 Å². The summed E-state index contributed by atoms with van der Waals surface area (Å²) in [4.78, 5) is 0. The fraction of sp³-hybridized carbons (Fsp3) is 0.0870. The van der Waals surface area contributed by atoms with Crippen molar-refractivity contribution >= 4 is 67.2 Å². The second kappa shape index (κ2) is 11.2. The van der Waals surface area contributed by atoms with E-state index in [1.165, 1.54) is 70.5 Å². The van der Waals surface area contributed by atoms with E-state index >= 15 is 0 Å². The Morgan fingerprint density at radius 2 is 0.776 bits per heavy atom. The van der Waals surface area contributed by atoms with Gasteiger partial charge in [0.1, 0.15) is 0 Å². The molecule has 9 rings (SSSR count). The summed E-state index contributed by atoms with van der Waals surface area (Å²) in [5.74, 6) is 0. The molecule has 0 unspecified atom stereocenters. The van der Waals surface area contributed by atoms with Crippen LogP contribution >= 0.6 is 0 Å². The summed E-state index contributed by atoms with van der Waals surface area (Å²) in [6.07, 6.45) is 0. The fourth-order valence-corrected chi connectivity index (χ4v) is 14.3. The molecule has 7 aromatic carbocycles. The minimum Gasteiger partial charge on any atom is -0.309 e. The van der Waals surface area contributed by atoms with Gasteiger partial charge in [-0.1, -0.05) is 154 Å². The van der Waals surface area contributed by atoms with Crippen LogP contribution in [0.4, 0.5) is 0 Å². The van der Waals surface area contributed by atoms with Gasteiger partial charge in [-0.2, -0.15) is 0 Å². The highest BCUT2D eigenvalue weighted by Gasteiger charge is 2.49. The molecule has 0 fully saturated rings. The van der Waals surface area contributed by atoms with E-state index in [1.54, 1.807) is 0 Å². The Bertz CT molecular complexity index is 2590. The highest BCUT2D eigenvalue weighted by Crippen LogP contribution is 2.39. The molecule has 0 radical (unpaired) electrons. The van der Waals surface area contributed by atoms with Gasteiger partial charge in [-0.15, -0.1) is 0 Å². The molecule has 0 atom stereocenters. The van der Waals surface area contributed by atoms with Crippen LogP contribution in [0.1, 0.15) is 20.8 Å². The molecular formula is C46H38N2Si. The van der Waals surface area contributed by atoms with Crippen molar-refractivity contribution in [2.75, 3.05) is 0 Å². The molecule has 236 valence electrons. The maximum absolute atomic E-state index is 2.55. The Morgan fingerprint density at radius 1 is 0.347 bits per heavy atom. The number of fused-ring (bicyclic) bond motifs is 6. The standard InChI is InChI=1S/C46H38N2Si/c1-46(2,3)49(35-19-9-5-10-20-35,36-21-11-6-12-22-36)37-28-30-41-39-24-14-16-26-43(39)48(45(41)32-37)34-27-29-40-38-23-13-15-25-42(38)47(44(40)31-34)33-17-7-4-8-18-33/h4-32H,1-3H3. The molecule has 0 aliphatic carbocycles. The molecular weight excluding hydrogens is 609 g/mol. The smallest absolute Gasteiger partial charge is 0.153 e. The molecule has 0 N–H and O–H groups in total. The average Bonchev–Trinajstić information content (AvgIpc) is 3.65. The number of nitrogens with zero attached hydrogens (tertiary/aromatic N) is 2. The van der Waals surface area contributed by atoms with Crippen LogP contribution in [0.3, 0.4) is 0 Å². The summed E-state index contributed by atoms with van der Waals surface area (Å²) < 4.78 is 4.91. The number of benzene rings is 7. The third-order valence-electron chi connectivity index (χ3n) is 10.6. The lowest BCUT2D eigenvalue weighted by atomic mass is 10.1. The minimum atomic E-state index is -2.55. The van der Waals surface area contributed by atoms with Crippen LogP contribution in [0.2, 0.25) is 5.04 Å². The van der Waals surface area contributed by atoms with E-state index in [2.05, 4.69) is 206 Å². The van der Waals surface area contributed by atoms with E-state index in [4.69, 9.17) is 0 Å². The second-order valence-electron chi connectivity index (χ2n) is 14.2. The van der Waals surface area contributed by atoms with E-state index < -0.39 is 8.07 Å². The lowest BCUT2D eigenvalue weighted by Crippen LogP contribution is -2.72. The monoisotopic (exact) mass is 646 g/mol. The maximum atomic E-state index is 2.53. The Balaban J connectivity index is 1.38. The van der Waals surface area contributed by atoms with Crippen LogP contribution in [-0.2, 0) is 0 Å². The summed E-state index contributed by atoms with van der Waals surface area (Å²) in [7, 11) is -2.55. The summed E-state index contributed by atoms with van der Waals surface area (Å²) in [6.45, 7) is 7.32. The Kier molecular flexibility index (Phi) is 6.75. The largest absolute Gasteiger partial charge is 0.309 e. The topological polar surface area (TPSA) is 9.86 Å². The Hall–Kier alpha value is -5.64. The molecule has 49 heavy (non-hydrogen) atoms. The van der Waals surface area contributed by atoms with Crippen molar-refractivity contribution in [1.29, 1.82) is 0 Å². The molecule has 2 nitrogen and oxygen atoms in total. The van der Waals surface area contributed by atoms with Crippen LogP contribution in [-0.4, -0.2) is 17.2 Å². The van der Waals surface area contributed by atoms with Gasteiger partial charge in [-0.25, -0.2) is 0 Å². The summed E-state index contributed by atoms with van der Waals surface area (Å²) in [5, 5.41) is 9.37. The molecule has 3 heteroatoms. The number of aromatic nitrogens is 2. The number of rotatable bonds is 5. The second-order valence-corrected chi connectivity index (χ2v) is 18.9. The van der Waals surface area contributed by atoms with Crippen LogP contribution in [0.5, 0.6) is 0 Å². The van der Waals surface area contributed by atoms with Gasteiger partial charge in [0.25, 0.3) is 0 Å². The Morgan fingerprint density at radius 3 is 1.33 bits per heavy atom. The molecule has 0 amide bonds. The zero-order chi connectivity index (χ0) is 33.2. The van der Waals surface area contributed by atoms with Crippen molar-refractivity contribution in [2.45, 2.75) is 25.8 Å². The van der Waals surface area contributed by atoms with E-state index in [0.717, 1.165) is 0 Å². The normalized spacial score (nSPS) is 12.4. The van der Waals surface area contributed by atoms with E-state index in [0.29, 0.717) is 0 Å². The van der Waals surface area contributed by atoms with Crippen LogP contribution in [0.25, 0.3) is 55.0 Å². The fourth-order valence-electron chi connectivity index (χ4n) is 8.61. The molecule has 0 spiro atoms. The SMILES string of the molecule is CC(C)(C)[Si](c1ccccc1)(c1ccccc1)c1ccc2c3ccccc3n(-c3ccc4c5ccccc5n(-c5ccccc5)c4c3)c2c1. The van der Waals surface area contributed by atoms with Gasteiger partial charge in [0.2, 0.25) is 0 Å². The molecule has 0 aliphatic rings. The first-order chi connectivity index (χ1) is 24.0. The number of hydrogen-bond acceptors (Lipinski definition) is 0. The van der Waals surface area contributed by atoms with Crippen molar-refractivity contribution in [2.24, 2.45) is 0 Å². The highest BCUT2D eigenvalue weighted by atomic mass is 28.3. The van der Waals surface area contributed by atoms with E-state index in [-0.39, 0.29) is 5.04 Å². The minimum absolute atomic E-state index is 0.00421. The molecule has 2 aromatic heterocycles. The maximum Gasteiger partial charge on any atom is 0.153 e. The molecule has 9 aromatic rings. The van der Waals surface area contributed by atoms with Crippen molar-refractivity contribution in [3.8, 4) is 11.4 Å². The zero-order valence-electron chi connectivity index (χ0n) is 28.1. The lowest BCUT2D eigenvalue weighted by molar-refractivity contribution is 0.739. The van der Waals surface area contributed by atoms with Gasteiger partial charge in [0.15, 0.2) is 8.07 Å². The summed E-state index contributed by atoms with van der Waals surface area (Å²) >= 11 is 0. The number of hydrogen-bond donors (Lipinski definition) is 0. The van der Waals surface area contributed by atoms with Gasteiger partial charge in [0, 0.05) is 32.9 Å². The third kappa shape index (κ3) is 4.39. The lowest BCUT2D eigenvalue weighted by Gasteiger charge is -2.44. The zero-order valence-corrected chi connectivity index (χ0v) is 29.1. The third-order valence-corrected chi connectivity index (χ3v) is 16.4. The quantitative estimate of drug-likeness (QED) is 0.130. The molecule has 0 saturated heterocycles. The van der Waals surface area contributed by atoms with Crippen LogP contribution in [0.15, 0.2) is 176 Å². The van der Waals surface area contributed by atoms with Crippen molar-refractivity contribution < 1.29 is 0 Å². The average molecular weight is 647 g/mol. The van der Waals surface area contributed by atoms with Gasteiger partial charge < -0.3 is 9.13 Å². The predicted octanol–water partition coefficient (Wildman–Crippen LogP) is 10.2. The molecule has 0 aliphatic heterocycles. The van der Waals surface area contributed by atoms with Gasteiger partial charge in [0.05, 0.1) is 22.1 Å². The summed E-state index contributed by atoms with van der Waals surface area (Å²) in [5.41, 5.74) is 7.23. The van der Waals surface area contributed by atoms with Crippen LogP contribution < -0.4 is 15.6 Å². The van der Waals surface area contributed by atoms with Gasteiger partial charge >= 0.3 is 0 Å². The molecule has 0 saturated carbocycles. The molecule has 0 bridgehead atoms. The highest BCUT2D eigenvalue weighted by molar-refractivity contribution is 7.13. The van der Waals surface area contributed by atoms with Crippen molar-refractivity contribution in [3.63, 3.8) is 0 Å². The number of para-hydroxylation sites is 3. The van der Waals surface area contributed by atoms with E-state index in [1.807, 2.05) is 0 Å². The van der Waals surface area contributed by atoms with Crippen molar-refractivity contribution in [1.82, 2.24) is 9.13 Å².